The van der Waals surface area contributed by atoms with Gasteiger partial charge in [0.1, 0.15) is 11.6 Å². The average Bonchev–Trinajstić information content (AvgIpc) is 3.63. The maximum Gasteiger partial charge on any atom is 0.266 e. The maximum absolute atomic E-state index is 13.6. The van der Waals surface area contributed by atoms with E-state index in [2.05, 4.69) is 13.8 Å². The molecule has 0 N–H and O–H groups in total. The van der Waals surface area contributed by atoms with Crippen molar-refractivity contribution in [3.05, 3.63) is 64.7 Å². The Balaban J connectivity index is 1.87. The second-order valence-electron chi connectivity index (χ2n) is 8.89. The quantitative estimate of drug-likeness (QED) is 0.515. The van der Waals surface area contributed by atoms with Crippen LogP contribution in [0.5, 0.6) is 5.75 Å². The van der Waals surface area contributed by atoms with Gasteiger partial charge in [0, 0.05) is 12.5 Å². The first kappa shape index (κ1) is 22.1. The highest BCUT2D eigenvalue weighted by Gasteiger charge is 2.37. The number of fused-ring (bicyclic) bond motifs is 1. The second-order valence-corrected chi connectivity index (χ2v) is 8.89. The van der Waals surface area contributed by atoms with E-state index in [0.29, 0.717) is 41.5 Å². The Labute approximate surface area is 188 Å². The van der Waals surface area contributed by atoms with Gasteiger partial charge in [-0.1, -0.05) is 26.0 Å². The van der Waals surface area contributed by atoms with Gasteiger partial charge in [-0.2, -0.15) is 0 Å². The Kier molecular flexibility index (Phi) is 6.31. The molecule has 1 unspecified atom stereocenters. The van der Waals surface area contributed by atoms with Gasteiger partial charge in [-0.15, -0.1) is 0 Å². The number of carbonyl (C=O) groups excluding carboxylic acids is 1. The van der Waals surface area contributed by atoms with E-state index < -0.39 is 0 Å². The van der Waals surface area contributed by atoms with Crippen LogP contribution in [-0.2, 0) is 4.79 Å². The Morgan fingerprint density at radius 3 is 2.44 bits per heavy atom. The molecule has 6 heteroatoms. The van der Waals surface area contributed by atoms with Crippen LogP contribution in [-0.4, -0.2) is 33.5 Å². The lowest BCUT2D eigenvalue weighted by Crippen LogP contribution is -2.40. The molecule has 0 bridgehead atoms. The highest BCUT2D eigenvalue weighted by molar-refractivity contribution is 5.82. The predicted octanol–water partition coefficient (Wildman–Crippen LogP) is 4.74. The number of ether oxygens (including phenoxy) is 1. The molecule has 0 radical (unpaired) electrons. The van der Waals surface area contributed by atoms with Gasteiger partial charge in [0.15, 0.2) is 0 Å². The number of rotatable bonds is 8. The van der Waals surface area contributed by atoms with Crippen molar-refractivity contribution in [2.24, 2.45) is 11.8 Å². The van der Waals surface area contributed by atoms with Crippen LogP contribution in [0.3, 0.4) is 0 Å². The number of carbonyl (C=O) groups is 1. The van der Waals surface area contributed by atoms with Gasteiger partial charge in [-0.25, -0.2) is 4.98 Å². The third kappa shape index (κ3) is 4.40. The highest BCUT2D eigenvalue weighted by Crippen LogP contribution is 2.34. The van der Waals surface area contributed by atoms with Gasteiger partial charge in [-0.05, 0) is 69.0 Å². The molecule has 0 spiro atoms. The van der Waals surface area contributed by atoms with Crippen molar-refractivity contribution in [3.8, 4) is 11.4 Å². The molecular weight excluding hydrogens is 402 g/mol. The van der Waals surface area contributed by atoms with Crippen molar-refractivity contribution in [1.82, 2.24) is 14.5 Å². The van der Waals surface area contributed by atoms with Crippen LogP contribution in [0.4, 0.5) is 0 Å². The van der Waals surface area contributed by atoms with Crippen molar-refractivity contribution in [3.63, 3.8) is 0 Å². The van der Waals surface area contributed by atoms with Crippen LogP contribution in [0.2, 0.25) is 0 Å². The lowest BCUT2D eigenvalue weighted by Gasteiger charge is -2.32. The van der Waals surface area contributed by atoms with Crippen molar-refractivity contribution >= 4 is 16.8 Å². The molecule has 0 aliphatic heterocycles. The standard InChI is InChI=1S/C26H31N3O3/c1-5-32-21-14-12-20(13-15-21)29-24(27-23-9-7-6-8-22(23)26(29)31)18(4)28(16-17(2)3)25(30)19-10-11-19/h6-9,12-15,17-19H,5,10-11,16H2,1-4H3. The number of hydrogen-bond acceptors (Lipinski definition) is 4. The minimum Gasteiger partial charge on any atom is -0.494 e. The molecule has 1 aromatic heterocycles. The number of benzene rings is 2. The van der Waals surface area contributed by atoms with Crippen LogP contribution in [0.25, 0.3) is 16.6 Å². The van der Waals surface area contributed by atoms with Crippen molar-refractivity contribution in [2.45, 2.75) is 46.6 Å². The maximum atomic E-state index is 13.6. The summed E-state index contributed by atoms with van der Waals surface area (Å²) in [5, 5.41) is 0.557. The number of amides is 1. The smallest absolute Gasteiger partial charge is 0.266 e. The van der Waals surface area contributed by atoms with E-state index in [1.807, 2.05) is 61.2 Å². The third-order valence-electron chi connectivity index (χ3n) is 5.82. The summed E-state index contributed by atoms with van der Waals surface area (Å²) < 4.78 is 7.21. The summed E-state index contributed by atoms with van der Waals surface area (Å²) in [4.78, 5) is 33.6. The van der Waals surface area contributed by atoms with E-state index >= 15 is 0 Å². The Bertz CT molecular complexity index is 1160. The summed E-state index contributed by atoms with van der Waals surface area (Å²) in [6.45, 7) is 9.32. The summed E-state index contributed by atoms with van der Waals surface area (Å²) in [5.74, 6) is 1.89. The first-order valence-electron chi connectivity index (χ1n) is 11.5. The van der Waals surface area contributed by atoms with E-state index in [1.165, 1.54) is 0 Å². The molecule has 32 heavy (non-hydrogen) atoms. The molecule has 1 fully saturated rings. The van der Waals surface area contributed by atoms with Crippen LogP contribution >= 0.6 is 0 Å². The predicted molar refractivity (Wildman–Crippen MR) is 126 cm³/mol. The van der Waals surface area contributed by atoms with E-state index in [1.54, 1.807) is 10.6 Å². The van der Waals surface area contributed by atoms with Gasteiger partial charge in [-0.3, -0.25) is 14.2 Å². The number of hydrogen-bond donors (Lipinski definition) is 0. The first-order valence-corrected chi connectivity index (χ1v) is 11.5. The minimum absolute atomic E-state index is 0.0994. The van der Waals surface area contributed by atoms with Gasteiger partial charge < -0.3 is 9.64 Å². The van der Waals surface area contributed by atoms with E-state index in [4.69, 9.17) is 9.72 Å². The summed E-state index contributed by atoms with van der Waals surface area (Å²) in [7, 11) is 0. The molecule has 1 heterocycles. The van der Waals surface area contributed by atoms with Gasteiger partial charge in [0.25, 0.3) is 5.56 Å². The molecule has 1 amide bonds. The zero-order valence-corrected chi connectivity index (χ0v) is 19.2. The van der Waals surface area contributed by atoms with Crippen LogP contribution in [0, 0.1) is 11.8 Å². The molecule has 1 saturated carbocycles. The summed E-state index contributed by atoms with van der Waals surface area (Å²) in [6.07, 6.45) is 1.88. The molecule has 1 atom stereocenters. The molecule has 168 valence electrons. The van der Waals surface area contributed by atoms with Crippen molar-refractivity contribution in [1.29, 1.82) is 0 Å². The zero-order valence-electron chi connectivity index (χ0n) is 19.2. The number of nitrogens with zero attached hydrogens (tertiary/aromatic N) is 3. The Hall–Kier alpha value is -3.15. The fourth-order valence-corrected chi connectivity index (χ4v) is 4.07. The second kappa shape index (κ2) is 9.15. The van der Waals surface area contributed by atoms with Crippen LogP contribution in [0.1, 0.15) is 52.4 Å². The zero-order chi connectivity index (χ0) is 22.8. The van der Waals surface area contributed by atoms with E-state index in [0.717, 1.165) is 18.6 Å². The van der Waals surface area contributed by atoms with E-state index in [9.17, 15) is 9.59 Å². The summed E-state index contributed by atoms with van der Waals surface area (Å²) in [6, 6.07) is 14.5. The van der Waals surface area contributed by atoms with Crippen LogP contribution < -0.4 is 10.3 Å². The van der Waals surface area contributed by atoms with Gasteiger partial charge in [0.2, 0.25) is 5.91 Å². The lowest BCUT2D eigenvalue weighted by molar-refractivity contribution is -0.135. The largest absolute Gasteiger partial charge is 0.494 e. The molecule has 0 saturated heterocycles. The fraction of sp³-hybridized carbons (Fsp3) is 0.423. The average molecular weight is 434 g/mol. The molecule has 4 rings (SSSR count). The van der Waals surface area contributed by atoms with Crippen molar-refractivity contribution in [2.75, 3.05) is 13.2 Å². The molecular formula is C26H31N3O3. The number of aromatic nitrogens is 2. The minimum atomic E-state index is -0.339. The molecule has 1 aliphatic carbocycles. The third-order valence-corrected chi connectivity index (χ3v) is 5.82. The van der Waals surface area contributed by atoms with Crippen LogP contribution in [0.15, 0.2) is 53.3 Å². The summed E-state index contributed by atoms with van der Waals surface area (Å²) in [5.41, 5.74) is 1.22. The topological polar surface area (TPSA) is 64.4 Å². The summed E-state index contributed by atoms with van der Waals surface area (Å²) >= 11 is 0. The normalized spacial score (nSPS) is 14.5. The lowest BCUT2D eigenvalue weighted by atomic mass is 10.1. The fourth-order valence-electron chi connectivity index (χ4n) is 4.07. The SMILES string of the molecule is CCOc1ccc(-n2c(C(C)N(CC(C)C)C(=O)C3CC3)nc3ccccc3c2=O)cc1. The molecule has 1 aliphatic rings. The molecule has 2 aromatic carbocycles. The van der Waals surface area contributed by atoms with E-state index in [-0.39, 0.29) is 23.4 Å². The monoisotopic (exact) mass is 433 g/mol. The molecule has 6 nitrogen and oxygen atoms in total. The first-order chi connectivity index (χ1) is 15.4. The Morgan fingerprint density at radius 2 is 1.81 bits per heavy atom. The highest BCUT2D eigenvalue weighted by atomic mass is 16.5. The van der Waals surface area contributed by atoms with Gasteiger partial charge in [0.05, 0.1) is 29.2 Å². The number of para-hydroxylation sites is 1. The van der Waals surface area contributed by atoms with Gasteiger partial charge >= 0.3 is 0 Å². The molecule has 3 aromatic rings. The van der Waals surface area contributed by atoms with Crippen molar-refractivity contribution < 1.29 is 9.53 Å². The Morgan fingerprint density at radius 1 is 1.12 bits per heavy atom.